The normalized spacial score (nSPS) is 30.3. The van der Waals surface area contributed by atoms with Crippen molar-refractivity contribution in [2.45, 2.75) is 38.1 Å². The largest absolute Gasteiger partial charge is 0.381 e. The van der Waals surface area contributed by atoms with Crippen LogP contribution in [0, 0.1) is 5.92 Å². The van der Waals surface area contributed by atoms with Crippen LogP contribution in [0.3, 0.4) is 0 Å². The molecule has 1 saturated carbocycles. The molecule has 2 heterocycles. The molecule has 0 amide bonds. The van der Waals surface area contributed by atoms with Gasteiger partial charge in [0.2, 0.25) is 0 Å². The number of nitrogens with zero attached hydrogens (tertiary/aromatic N) is 2. The van der Waals surface area contributed by atoms with Gasteiger partial charge < -0.3 is 10.1 Å². The highest BCUT2D eigenvalue weighted by Crippen LogP contribution is 2.24. The Kier molecular flexibility index (Phi) is 5.71. The smallest absolute Gasteiger partial charge is 0.0507 e. The molecule has 3 fully saturated rings. The first kappa shape index (κ1) is 14.8. The van der Waals surface area contributed by atoms with Gasteiger partial charge in [0.25, 0.3) is 0 Å². The first-order valence-electron chi connectivity index (χ1n) is 8.67. The summed E-state index contributed by atoms with van der Waals surface area (Å²) < 4.78 is 5.41. The fraction of sp³-hybridized carbons (Fsp3) is 1.00. The molecular formula is C16H31N3O. The van der Waals surface area contributed by atoms with Crippen LogP contribution >= 0.6 is 0 Å². The second kappa shape index (κ2) is 7.74. The lowest BCUT2D eigenvalue weighted by Crippen LogP contribution is -2.50. The van der Waals surface area contributed by atoms with E-state index < -0.39 is 0 Å². The second-order valence-electron chi connectivity index (χ2n) is 6.75. The average Bonchev–Trinajstić information content (AvgIpc) is 3.17. The summed E-state index contributed by atoms with van der Waals surface area (Å²) in [4.78, 5) is 5.37. The summed E-state index contributed by atoms with van der Waals surface area (Å²) in [7, 11) is 0. The summed E-state index contributed by atoms with van der Waals surface area (Å²) in [5, 5.41) is 3.61. The van der Waals surface area contributed by atoms with E-state index in [-0.39, 0.29) is 0 Å². The Balaban J connectivity index is 1.24. The Bertz CT molecular complexity index is 267. The molecule has 0 aromatic carbocycles. The maximum absolute atomic E-state index is 5.41. The average molecular weight is 281 g/mol. The molecule has 116 valence electrons. The number of hydrogen-bond donors (Lipinski definition) is 1. The predicted octanol–water partition coefficient (Wildman–Crippen LogP) is 1.17. The highest BCUT2D eigenvalue weighted by molar-refractivity contribution is 4.82. The molecular weight excluding hydrogens is 250 g/mol. The number of rotatable bonds is 6. The van der Waals surface area contributed by atoms with Gasteiger partial charge in [-0.1, -0.05) is 12.8 Å². The minimum Gasteiger partial charge on any atom is -0.381 e. The molecule has 4 heteroatoms. The molecule has 1 atom stereocenters. The summed E-state index contributed by atoms with van der Waals surface area (Å²) in [6.07, 6.45) is 7.06. The van der Waals surface area contributed by atoms with E-state index in [9.17, 15) is 0 Å². The van der Waals surface area contributed by atoms with E-state index in [0.29, 0.717) is 0 Å². The first-order valence-corrected chi connectivity index (χ1v) is 8.67. The number of piperazine rings is 1. The van der Waals surface area contributed by atoms with Gasteiger partial charge in [-0.2, -0.15) is 0 Å². The zero-order valence-corrected chi connectivity index (χ0v) is 12.9. The topological polar surface area (TPSA) is 27.7 Å². The summed E-state index contributed by atoms with van der Waals surface area (Å²) in [6, 6.07) is 0.914. The van der Waals surface area contributed by atoms with Crippen LogP contribution in [0.15, 0.2) is 0 Å². The van der Waals surface area contributed by atoms with Crippen molar-refractivity contribution in [3.05, 3.63) is 0 Å². The molecule has 0 aromatic rings. The zero-order valence-electron chi connectivity index (χ0n) is 12.9. The molecule has 2 aliphatic heterocycles. The molecule has 3 aliphatic rings. The van der Waals surface area contributed by atoms with Gasteiger partial charge in [-0.15, -0.1) is 0 Å². The van der Waals surface area contributed by atoms with Gasteiger partial charge in [0, 0.05) is 58.5 Å². The van der Waals surface area contributed by atoms with Gasteiger partial charge in [0.1, 0.15) is 0 Å². The zero-order chi connectivity index (χ0) is 13.6. The molecule has 1 aliphatic carbocycles. The van der Waals surface area contributed by atoms with Crippen molar-refractivity contribution in [2.24, 2.45) is 5.92 Å². The Morgan fingerprint density at radius 1 is 1.00 bits per heavy atom. The fourth-order valence-corrected chi connectivity index (χ4v) is 3.91. The van der Waals surface area contributed by atoms with Gasteiger partial charge in [0.05, 0.1) is 6.61 Å². The Morgan fingerprint density at radius 3 is 2.50 bits per heavy atom. The summed E-state index contributed by atoms with van der Waals surface area (Å²) >= 11 is 0. The van der Waals surface area contributed by atoms with Crippen LogP contribution in [0.5, 0.6) is 0 Å². The van der Waals surface area contributed by atoms with Crippen LogP contribution < -0.4 is 5.32 Å². The van der Waals surface area contributed by atoms with Crippen LogP contribution in [-0.4, -0.2) is 74.9 Å². The van der Waals surface area contributed by atoms with Crippen molar-refractivity contribution < 1.29 is 4.74 Å². The predicted molar refractivity (Wildman–Crippen MR) is 82.1 cm³/mol. The third-order valence-corrected chi connectivity index (χ3v) is 5.31. The SMILES string of the molecule is C1CCC(N2CCN(CCNCC3CCOC3)CC2)C1. The van der Waals surface area contributed by atoms with Crippen molar-refractivity contribution in [3.8, 4) is 0 Å². The van der Waals surface area contributed by atoms with E-state index in [1.165, 1.54) is 64.8 Å². The number of ether oxygens (including phenoxy) is 1. The van der Waals surface area contributed by atoms with Gasteiger partial charge in [-0.3, -0.25) is 9.80 Å². The lowest BCUT2D eigenvalue weighted by atomic mass is 10.1. The molecule has 0 spiro atoms. The maximum atomic E-state index is 5.41. The molecule has 0 aromatic heterocycles. The third-order valence-electron chi connectivity index (χ3n) is 5.31. The van der Waals surface area contributed by atoms with E-state index in [0.717, 1.165) is 38.3 Å². The quantitative estimate of drug-likeness (QED) is 0.740. The Morgan fingerprint density at radius 2 is 1.80 bits per heavy atom. The maximum Gasteiger partial charge on any atom is 0.0507 e. The molecule has 0 bridgehead atoms. The molecule has 4 nitrogen and oxygen atoms in total. The van der Waals surface area contributed by atoms with Crippen molar-refractivity contribution in [3.63, 3.8) is 0 Å². The first-order chi connectivity index (χ1) is 9.92. The fourth-order valence-electron chi connectivity index (χ4n) is 3.91. The van der Waals surface area contributed by atoms with E-state index in [4.69, 9.17) is 4.74 Å². The standard InChI is InChI=1S/C16H31N3O/c1-2-4-16(3-1)19-10-8-18(9-11-19)7-6-17-13-15-5-12-20-14-15/h15-17H,1-14H2. The minimum absolute atomic E-state index is 0.759. The van der Waals surface area contributed by atoms with E-state index in [1.807, 2.05) is 0 Å². The van der Waals surface area contributed by atoms with Crippen LogP contribution in [-0.2, 0) is 4.74 Å². The number of hydrogen-bond acceptors (Lipinski definition) is 4. The summed E-state index contributed by atoms with van der Waals surface area (Å²) in [5.41, 5.74) is 0. The van der Waals surface area contributed by atoms with Crippen LogP contribution in [0.1, 0.15) is 32.1 Å². The van der Waals surface area contributed by atoms with E-state index >= 15 is 0 Å². The van der Waals surface area contributed by atoms with E-state index in [1.54, 1.807) is 0 Å². The van der Waals surface area contributed by atoms with Crippen LogP contribution in [0.4, 0.5) is 0 Å². The Hall–Kier alpha value is -0.160. The molecule has 1 unspecified atom stereocenters. The monoisotopic (exact) mass is 281 g/mol. The molecule has 2 saturated heterocycles. The van der Waals surface area contributed by atoms with Crippen LogP contribution in [0.25, 0.3) is 0 Å². The highest BCUT2D eigenvalue weighted by atomic mass is 16.5. The van der Waals surface area contributed by atoms with E-state index in [2.05, 4.69) is 15.1 Å². The highest BCUT2D eigenvalue weighted by Gasteiger charge is 2.25. The van der Waals surface area contributed by atoms with Crippen molar-refractivity contribution >= 4 is 0 Å². The number of nitrogens with one attached hydrogen (secondary N) is 1. The second-order valence-corrected chi connectivity index (χ2v) is 6.75. The van der Waals surface area contributed by atoms with Gasteiger partial charge in [0.15, 0.2) is 0 Å². The lowest BCUT2D eigenvalue weighted by molar-refractivity contribution is 0.0982. The third kappa shape index (κ3) is 4.17. The summed E-state index contributed by atoms with van der Waals surface area (Å²) in [5.74, 6) is 0.759. The van der Waals surface area contributed by atoms with Gasteiger partial charge >= 0.3 is 0 Å². The van der Waals surface area contributed by atoms with Crippen molar-refractivity contribution in [2.75, 3.05) is 59.0 Å². The van der Waals surface area contributed by atoms with Crippen LogP contribution in [0.2, 0.25) is 0 Å². The van der Waals surface area contributed by atoms with Crippen molar-refractivity contribution in [1.82, 2.24) is 15.1 Å². The van der Waals surface area contributed by atoms with Gasteiger partial charge in [-0.25, -0.2) is 0 Å². The van der Waals surface area contributed by atoms with Gasteiger partial charge in [-0.05, 0) is 25.2 Å². The summed E-state index contributed by atoms with van der Waals surface area (Å²) in [6.45, 7) is 10.5. The molecule has 3 rings (SSSR count). The molecule has 0 radical (unpaired) electrons. The van der Waals surface area contributed by atoms with Crippen molar-refractivity contribution in [1.29, 1.82) is 0 Å². The molecule has 1 N–H and O–H groups in total. The lowest BCUT2D eigenvalue weighted by Gasteiger charge is -2.38. The molecule has 20 heavy (non-hydrogen) atoms. The Labute approximate surface area is 123 Å². The minimum atomic E-state index is 0.759.